The minimum atomic E-state index is 0.148. The topological polar surface area (TPSA) is 26.3 Å². The minimum Gasteiger partial charge on any atom is -0.488 e. The number of hydrogen-bond donors (Lipinski definition) is 0. The van der Waals surface area contributed by atoms with Gasteiger partial charge in [0.2, 0.25) is 0 Å². The number of hydrogen-bond acceptors (Lipinski definition) is 2. The SMILES string of the molecule is CC.CC/C=C\C1=C(C)C(=O)C2=C(C=CC(C)C2)CO1. The molecule has 0 spiro atoms. The van der Waals surface area contributed by atoms with E-state index in [1.54, 1.807) is 0 Å². The van der Waals surface area contributed by atoms with E-state index >= 15 is 0 Å². The van der Waals surface area contributed by atoms with Crippen LogP contribution in [0.3, 0.4) is 0 Å². The van der Waals surface area contributed by atoms with Crippen LogP contribution in [0.25, 0.3) is 0 Å². The molecule has 0 amide bonds. The number of ketones is 1. The van der Waals surface area contributed by atoms with Crippen LogP contribution >= 0.6 is 0 Å². The zero-order valence-electron chi connectivity index (χ0n) is 13.3. The summed E-state index contributed by atoms with van der Waals surface area (Å²) in [5, 5.41) is 0. The first-order valence-corrected chi connectivity index (χ1v) is 7.58. The van der Waals surface area contributed by atoms with Crippen LogP contribution in [-0.4, -0.2) is 12.4 Å². The molecule has 0 aromatic carbocycles. The van der Waals surface area contributed by atoms with Crippen LogP contribution in [0, 0.1) is 5.92 Å². The van der Waals surface area contributed by atoms with Crippen molar-refractivity contribution in [3.63, 3.8) is 0 Å². The Kier molecular flexibility index (Phi) is 6.50. The van der Waals surface area contributed by atoms with Crippen molar-refractivity contribution in [2.45, 2.75) is 47.5 Å². The molecule has 2 rings (SSSR count). The molecule has 1 aliphatic heterocycles. The van der Waals surface area contributed by atoms with E-state index in [0.29, 0.717) is 12.5 Å². The molecular formula is C18H26O2. The lowest BCUT2D eigenvalue weighted by Gasteiger charge is -2.16. The minimum absolute atomic E-state index is 0.148. The molecular weight excluding hydrogens is 248 g/mol. The number of allylic oxidation sites excluding steroid dienone is 5. The molecule has 20 heavy (non-hydrogen) atoms. The van der Waals surface area contributed by atoms with E-state index in [9.17, 15) is 4.79 Å². The predicted octanol–water partition coefficient (Wildman–Crippen LogP) is 4.74. The quantitative estimate of drug-likeness (QED) is 0.726. The summed E-state index contributed by atoms with van der Waals surface area (Å²) in [6.45, 7) is 10.6. The number of rotatable bonds is 2. The van der Waals surface area contributed by atoms with Gasteiger partial charge in [-0.3, -0.25) is 4.79 Å². The van der Waals surface area contributed by atoms with Gasteiger partial charge in [-0.15, -0.1) is 0 Å². The molecule has 0 saturated carbocycles. The molecule has 0 fully saturated rings. The van der Waals surface area contributed by atoms with Crippen LogP contribution in [0.5, 0.6) is 0 Å². The van der Waals surface area contributed by atoms with E-state index in [1.807, 2.05) is 39.0 Å². The second-order valence-corrected chi connectivity index (χ2v) is 4.96. The van der Waals surface area contributed by atoms with E-state index in [2.05, 4.69) is 19.9 Å². The van der Waals surface area contributed by atoms with E-state index in [1.165, 1.54) is 0 Å². The highest BCUT2D eigenvalue weighted by Crippen LogP contribution is 2.30. The number of carbonyl (C=O) groups excluding carboxylic acids is 1. The Balaban J connectivity index is 0.000000956. The van der Waals surface area contributed by atoms with Crippen LogP contribution in [0.4, 0.5) is 0 Å². The van der Waals surface area contributed by atoms with Gasteiger partial charge >= 0.3 is 0 Å². The van der Waals surface area contributed by atoms with Crippen molar-refractivity contribution in [1.29, 1.82) is 0 Å². The number of carbonyl (C=O) groups is 1. The van der Waals surface area contributed by atoms with Gasteiger partial charge in [0.25, 0.3) is 0 Å². The molecule has 2 nitrogen and oxygen atoms in total. The molecule has 0 N–H and O–H groups in total. The van der Waals surface area contributed by atoms with Crippen molar-refractivity contribution in [2.24, 2.45) is 5.92 Å². The highest BCUT2D eigenvalue weighted by molar-refractivity contribution is 6.09. The van der Waals surface area contributed by atoms with Gasteiger partial charge in [-0.05, 0) is 37.3 Å². The summed E-state index contributed by atoms with van der Waals surface area (Å²) in [7, 11) is 0. The van der Waals surface area contributed by atoms with Gasteiger partial charge in [0, 0.05) is 11.1 Å². The zero-order valence-corrected chi connectivity index (χ0v) is 13.3. The maximum atomic E-state index is 12.4. The van der Waals surface area contributed by atoms with Crippen molar-refractivity contribution in [1.82, 2.24) is 0 Å². The Morgan fingerprint density at radius 2 is 2.10 bits per heavy atom. The van der Waals surface area contributed by atoms with Crippen LogP contribution < -0.4 is 0 Å². The van der Waals surface area contributed by atoms with Gasteiger partial charge in [-0.1, -0.05) is 45.9 Å². The summed E-state index contributed by atoms with van der Waals surface area (Å²) < 4.78 is 5.76. The summed E-state index contributed by atoms with van der Waals surface area (Å²) in [6.07, 6.45) is 9.90. The zero-order chi connectivity index (χ0) is 15.1. The number of Topliss-reactive ketones (excluding diaryl/α,β-unsaturated/α-hetero) is 1. The first-order valence-electron chi connectivity index (χ1n) is 7.58. The van der Waals surface area contributed by atoms with Crippen LogP contribution in [0.2, 0.25) is 0 Å². The van der Waals surface area contributed by atoms with Gasteiger partial charge in [-0.25, -0.2) is 0 Å². The Morgan fingerprint density at radius 3 is 2.75 bits per heavy atom. The van der Waals surface area contributed by atoms with Crippen molar-refractivity contribution in [2.75, 3.05) is 6.61 Å². The molecule has 0 saturated heterocycles. The first kappa shape index (κ1) is 16.5. The molecule has 1 unspecified atom stereocenters. The highest BCUT2D eigenvalue weighted by Gasteiger charge is 2.25. The molecule has 1 aliphatic carbocycles. The predicted molar refractivity (Wildman–Crippen MR) is 84.4 cm³/mol. The van der Waals surface area contributed by atoms with Gasteiger partial charge < -0.3 is 4.74 Å². The number of ether oxygens (including phenoxy) is 1. The maximum absolute atomic E-state index is 12.4. The standard InChI is InChI=1S/C16H20O2.C2H6/c1-4-5-6-15-12(3)16(17)14-9-11(2)7-8-13(14)10-18-15;1-2/h5-8,11H,4,9-10H2,1-3H3;1-2H3/b6-5-;. The fourth-order valence-electron chi connectivity index (χ4n) is 2.28. The normalized spacial score (nSPS) is 22.2. The maximum Gasteiger partial charge on any atom is 0.188 e. The third-order valence-electron chi connectivity index (χ3n) is 3.41. The third-order valence-corrected chi connectivity index (χ3v) is 3.41. The van der Waals surface area contributed by atoms with E-state index < -0.39 is 0 Å². The van der Waals surface area contributed by atoms with Crippen LogP contribution in [0.1, 0.15) is 47.5 Å². The molecule has 0 bridgehead atoms. The molecule has 2 aliphatic rings. The average Bonchev–Trinajstić information content (AvgIpc) is 2.59. The fourth-order valence-corrected chi connectivity index (χ4v) is 2.28. The summed E-state index contributed by atoms with van der Waals surface area (Å²) in [4.78, 5) is 12.4. The van der Waals surface area contributed by atoms with E-state index in [4.69, 9.17) is 4.74 Å². The first-order chi connectivity index (χ1) is 9.63. The Hall–Kier alpha value is -1.57. The average molecular weight is 274 g/mol. The second-order valence-electron chi connectivity index (χ2n) is 4.96. The third kappa shape index (κ3) is 3.72. The molecule has 2 heteroatoms. The molecule has 110 valence electrons. The molecule has 0 radical (unpaired) electrons. The Labute approximate surface area is 122 Å². The van der Waals surface area contributed by atoms with Crippen molar-refractivity contribution in [3.05, 3.63) is 46.8 Å². The van der Waals surface area contributed by atoms with Gasteiger partial charge in [0.1, 0.15) is 12.4 Å². The van der Waals surface area contributed by atoms with Crippen LogP contribution in [-0.2, 0) is 9.53 Å². The van der Waals surface area contributed by atoms with Crippen molar-refractivity contribution < 1.29 is 9.53 Å². The van der Waals surface area contributed by atoms with Gasteiger partial charge in [0.05, 0.1) is 0 Å². The Bertz CT molecular complexity index is 476. The highest BCUT2D eigenvalue weighted by atomic mass is 16.5. The van der Waals surface area contributed by atoms with Crippen molar-refractivity contribution >= 4 is 5.78 Å². The molecule has 0 aromatic heterocycles. The van der Waals surface area contributed by atoms with Gasteiger partial charge in [-0.2, -0.15) is 0 Å². The Morgan fingerprint density at radius 1 is 1.40 bits per heavy atom. The fraction of sp³-hybridized carbons (Fsp3) is 0.500. The lowest BCUT2D eigenvalue weighted by Crippen LogP contribution is -2.12. The van der Waals surface area contributed by atoms with E-state index in [-0.39, 0.29) is 5.78 Å². The molecule has 1 heterocycles. The molecule has 0 aromatic rings. The lowest BCUT2D eigenvalue weighted by molar-refractivity contribution is -0.112. The smallest absolute Gasteiger partial charge is 0.188 e. The van der Waals surface area contributed by atoms with E-state index in [0.717, 1.165) is 35.3 Å². The second kappa shape index (κ2) is 7.88. The summed E-state index contributed by atoms with van der Waals surface area (Å²) >= 11 is 0. The molecule has 1 atom stereocenters. The summed E-state index contributed by atoms with van der Waals surface area (Å²) in [5.41, 5.74) is 2.70. The summed E-state index contributed by atoms with van der Waals surface area (Å²) in [6, 6.07) is 0. The summed E-state index contributed by atoms with van der Waals surface area (Å²) in [5.74, 6) is 1.31. The van der Waals surface area contributed by atoms with Crippen LogP contribution in [0.15, 0.2) is 46.8 Å². The lowest BCUT2D eigenvalue weighted by atomic mass is 9.87. The van der Waals surface area contributed by atoms with Crippen molar-refractivity contribution in [3.8, 4) is 0 Å². The largest absolute Gasteiger partial charge is 0.488 e. The monoisotopic (exact) mass is 274 g/mol. The van der Waals surface area contributed by atoms with Gasteiger partial charge in [0.15, 0.2) is 5.78 Å².